The van der Waals surface area contributed by atoms with Crippen LogP contribution in [0.2, 0.25) is 10.0 Å². The molecule has 0 atom stereocenters. The van der Waals surface area contributed by atoms with Gasteiger partial charge in [-0.15, -0.1) is 22.7 Å². The number of carbonyl (C=O) groups excluding carboxylic acids is 1. The number of ketones is 1. The molecule has 0 aliphatic carbocycles. The zero-order chi connectivity index (χ0) is 18.1. The molecule has 2 aromatic carbocycles. The summed E-state index contributed by atoms with van der Waals surface area (Å²) in [4.78, 5) is 14.7. The molecule has 1 nitrogen and oxygen atoms in total. The average Bonchev–Trinajstić information content (AvgIpc) is 3.31. The van der Waals surface area contributed by atoms with Crippen molar-refractivity contribution >= 4 is 51.7 Å². The molecule has 0 fully saturated rings. The first kappa shape index (κ1) is 17.5. The van der Waals surface area contributed by atoms with E-state index in [-0.39, 0.29) is 5.78 Å². The molecule has 0 saturated heterocycles. The second-order valence-corrected chi connectivity index (χ2v) is 8.26. The molecule has 2 aromatic heterocycles. The van der Waals surface area contributed by atoms with Gasteiger partial charge in [-0.3, -0.25) is 4.79 Å². The number of halogens is 2. The van der Waals surface area contributed by atoms with Crippen molar-refractivity contribution in [3.05, 3.63) is 91.2 Å². The molecule has 0 radical (unpaired) electrons. The molecular formula is C21H12Cl2OS2. The summed E-state index contributed by atoms with van der Waals surface area (Å²) in [7, 11) is 0. The molecular weight excluding hydrogens is 403 g/mol. The Hall–Kier alpha value is -1.91. The summed E-state index contributed by atoms with van der Waals surface area (Å²) in [6, 6.07) is 19.1. The third-order valence-corrected chi connectivity index (χ3v) is 6.56. The van der Waals surface area contributed by atoms with Crippen molar-refractivity contribution < 1.29 is 4.79 Å². The summed E-state index contributed by atoms with van der Waals surface area (Å²) in [5, 5.41) is 5.12. The highest BCUT2D eigenvalue weighted by atomic mass is 35.5. The van der Waals surface area contributed by atoms with Crippen molar-refractivity contribution in [2.24, 2.45) is 0 Å². The first-order chi connectivity index (χ1) is 12.7. The van der Waals surface area contributed by atoms with Gasteiger partial charge in [-0.1, -0.05) is 59.6 Å². The Kier molecular flexibility index (Phi) is 4.96. The summed E-state index contributed by atoms with van der Waals surface area (Å²) in [6.07, 6.45) is 0. The molecule has 5 heteroatoms. The Morgan fingerprint density at radius 1 is 0.615 bits per heavy atom. The topological polar surface area (TPSA) is 17.1 Å². The quantitative estimate of drug-likeness (QED) is 0.312. The van der Waals surface area contributed by atoms with E-state index in [1.54, 1.807) is 0 Å². The van der Waals surface area contributed by atoms with Gasteiger partial charge in [0.25, 0.3) is 0 Å². The lowest BCUT2D eigenvalue weighted by molar-refractivity contribution is 0.104. The maximum atomic E-state index is 13.3. The number of hydrogen-bond acceptors (Lipinski definition) is 3. The number of rotatable bonds is 4. The minimum absolute atomic E-state index is 0.000149. The van der Waals surface area contributed by atoms with Gasteiger partial charge in [0.05, 0.1) is 9.75 Å². The van der Waals surface area contributed by atoms with Crippen LogP contribution >= 0.6 is 45.9 Å². The molecule has 26 heavy (non-hydrogen) atoms. The van der Waals surface area contributed by atoms with E-state index >= 15 is 0 Å². The monoisotopic (exact) mass is 414 g/mol. The first-order valence-electron chi connectivity index (χ1n) is 7.86. The molecule has 2 heterocycles. The van der Waals surface area contributed by atoms with Crippen LogP contribution in [0, 0.1) is 0 Å². The lowest BCUT2D eigenvalue weighted by atomic mass is 10.0. The van der Waals surface area contributed by atoms with Gasteiger partial charge in [0.2, 0.25) is 5.78 Å². The van der Waals surface area contributed by atoms with E-state index in [1.165, 1.54) is 22.7 Å². The normalized spacial score (nSPS) is 10.8. The summed E-state index contributed by atoms with van der Waals surface area (Å²) >= 11 is 15.6. The maximum absolute atomic E-state index is 13.3. The SMILES string of the molecule is O=C(c1sccc1-c1ccccc1Cl)c1sccc1-c1ccccc1Cl. The lowest BCUT2D eigenvalue weighted by Crippen LogP contribution is -2.00. The van der Waals surface area contributed by atoms with E-state index in [9.17, 15) is 4.79 Å². The fourth-order valence-corrected chi connectivity index (χ4v) is 5.11. The van der Waals surface area contributed by atoms with Crippen molar-refractivity contribution in [3.63, 3.8) is 0 Å². The van der Waals surface area contributed by atoms with Crippen molar-refractivity contribution in [1.82, 2.24) is 0 Å². The van der Waals surface area contributed by atoms with E-state index < -0.39 is 0 Å². The standard InChI is InChI=1S/C21H12Cl2OS2/c22-17-7-3-1-5-13(17)15-9-11-25-20(15)19(24)21-16(10-12-26-21)14-6-2-4-8-18(14)23/h1-12H. The largest absolute Gasteiger partial charge is 0.287 e. The van der Waals surface area contributed by atoms with Crippen LogP contribution in [0.5, 0.6) is 0 Å². The number of benzene rings is 2. The van der Waals surface area contributed by atoms with Crippen molar-refractivity contribution in [3.8, 4) is 22.3 Å². The number of carbonyl (C=O) groups is 1. The Bertz CT molecular complexity index is 1010. The van der Waals surface area contributed by atoms with E-state index in [4.69, 9.17) is 23.2 Å². The molecule has 0 bridgehead atoms. The van der Waals surface area contributed by atoms with E-state index in [1.807, 2.05) is 71.4 Å². The number of thiophene rings is 2. The minimum Gasteiger partial charge on any atom is -0.287 e. The highest BCUT2D eigenvalue weighted by Crippen LogP contribution is 2.39. The fraction of sp³-hybridized carbons (Fsp3) is 0. The smallest absolute Gasteiger partial charge is 0.214 e. The van der Waals surface area contributed by atoms with Crippen LogP contribution in [0.3, 0.4) is 0 Å². The molecule has 4 aromatic rings. The molecule has 0 saturated carbocycles. The van der Waals surface area contributed by atoms with Crippen molar-refractivity contribution in [2.45, 2.75) is 0 Å². The van der Waals surface area contributed by atoms with Crippen molar-refractivity contribution in [2.75, 3.05) is 0 Å². The molecule has 0 aliphatic rings. The van der Waals surface area contributed by atoms with Crippen LogP contribution in [0.25, 0.3) is 22.3 Å². The summed E-state index contributed by atoms with van der Waals surface area (Å²) in [6.45, 7) is 0. The lowest BCUT2D eigenvalue weighted by Gasteiger charge is -2.08. The van der Waals surface area contributed by atoms with Crippen LogP contribution in [0.4, 0.5) is 0 Å². The van der Waals surface area contributed by atoms with Gasteiger partial charge in [-0.25, -0.2) is 0 Å². The molecule has 0 amide bonds. The van der Waals surface area contributed by atoms with Crippen LogP contribution in [0.1, 0.15) is 14.5 Å². The van der Waals surface area contributed by atoms with Crippen LogP contribution in [-0.4, -0.2) is 5.78 Å². The third-order valence-electron chi connectivity index (χ3n) is 4.07. The molecule has 128 valence electrons. The fourth-order valence-electron chi connectivity index (χ4n) is 2.86. The van der Waals surface area contributed by atoms with Crippen molar-refractivity contribution in [1.29, 1.82) is 0 Å². The Morgan fingerprint density at radius 3 is 1.46 bits per heavy atom. The highest BCUT2D eigenvalue weighted by molar-refractivity contribution is 7.16. The summed E-state index contributed by atoms with van der Waals surface area (Å²) in [5.41, 5.74) is 3.47. The summed E-state index contributed by atoms with van der Waals surface area (Å²) in [5.74, 6) is -0.000149. The minimum atomic E-state index is -0.000149. The zero-order valence-corrected chi connectivity index (χ0v) is 16.6. The molecule has 4 rings (SSSR count). The molecule has 0 unspecified atom stereocenters. The van der Waals surface area contributed by atoms with Gasteiger partial charge in [0.15, 0.2) is 0 Å². The van der Waals surface area contributed by atoms with Gasteiger partial charge < -0.3 is 0 Å². The van der Waals surface area contributed by atoms with E-state index in [2.05, 4.69) is 0 Å². The van der Waals surface area contributed by atoms with Gasteiger partial charge in [0.1, 0.15) is 0 Å². The predicted octanol–water partition coefficient (Wildman–Crippen LogP) is 7.68. The van der Waals surface area contributed by atoms with Gasteiger partial charge in [-0.2, -0.15) is 0 Å². The summed E-state index contributed by atoms with van der Waals surface area (Å²) < 4.78 is 0. The zero-order valence-electron chi connectivity index (χ0n) is 13.4. The maximum Gasteiger partial charge on any atom is 0.214 e. The second-order valence-electron chi connectivity index (χ2n) is 5.62. The first-order valence-corrected chi connectivity index (χ1v) is 10.4. The highest BCUT2D eigenvalue weighted by Gasteiger charge is 2.22. The van der Waals surface area contributed by atoms with Gasteiger partial charge >= 0.3 is 0 Å². The van der Waals surface area contributed by atoms with Crippen LogP contribution < -0.4 is 0 Å². The third kappa shape index (κ3) is 3.12. The van der Waals surface area contributed by atoms with Gasteiger partial charge in [0, 0.05) is 32.3 Å². The number of hydrogen-bond donors (Lipinski definition) is 0. The molecule has 0 N–H and O–H groups in total. The Labute approximate surface area is 169 Å². The van der Waals surface area contributed by atoms with E-state index in [0.29, 0.717) is 19.8 Å². The second kappa shape index (κ2) is 7.37. The molecule has 0 spiro atoms. The predicted molar refractivity (Wildman–Crippen MR) is 113 cm³/mol. The molecule has 0 aliphatic heterocycles. The Balaban J connectivity index is 1.81. The Morgan fingerprint density at radius 2 is 1.04 bits per heavy atom. The van der Waals surface area contributed by atoms with Crippen LogP contribution in [-0.2, 0) is 0 Å². The van der Waals surface area contributed by atoms with E-state index in [0.717, 1.165) is 22.3 Å². The van der Waals surface area contributed by atoms with Crippen LogP contribution in [0.15, 0.2) is 71.4 Å². The van der Waals surface area contributed by atoms with Gasteiger partial charge in [-0.05, 0) is 35.0 Å². The average molecular weight is 415 g/mol.